The van der Waals surface area contributed by atoms with Gasteiger partial charge in [0.1, 0.15) is 24.0 Å². The smallest absolute Gasteiger partial charge is 0.132 e. The van der Waals surface area contributed by atoms with Crippen LogP contribution in [0.1, 0.15) is 36.4 Å². The zero-order chi connectivity index (χ0) is 17.1. The van der Waals surface area contributed by atoms with E-state index in [4.69, 9.17) is 9.47 Å². The normalized spacial score (nSPS) is 21.5. The Morgan fingerprint density at radius 3 is 2.76 bits per heavy atom. The number of aryl methyl sites for hydroxylation is 1. The molecule has 0 N–H and O–H groups in total. The third-order valence-electron chi connectivity index (χ3n) is 5.08. The van der Waals surface area contributed by atoms with Gasteiger partial charge >= 0.3 is 0 Å². The van der Waals surface area contributed by atoms with Gasteiger partial charge in [-0.2, -0.15) is 0 Å². The van der Waals surface area contributed by atoms with Crippen molar-refractivity contribution in [1.82, 2.24) is 9.97 Å². The summed E-state index contributed by atoms with van der Waals surface area (Å²) in [5.41, 5.74) is 2.35. The molecule has 1 atom stereocenters. The summed E-state index contributed by atoms with van der Waals surface area (Å²) in [6, 6.07) is 10.4. The number of hydrogen-bond acceptors (Lipinski definition) is 5. The van der Waals surface area contributed by atoms with Crippen LogP contribution in [-0.2, 0) is 4.74 Å². The molecule has 0 amide bonds. The van der Waals surface area contributed by atoms with Crippen molar-refractivity contribution in [3.8, 4) is 5.75 Å². The Balaban J connectivity index is 1.36. The Kier molecular flexibility index (Phi) is 4.83. The third-order valence-corrected chi connectivity index (χ3v) is 5.08. The van der Waals surface area contributed by atoms with Crippen LogP contribution < -0.4 is 9.64 Å². The van der Waals surface area contributed by atoms with E-state index < -0.39 is 0 Å². The van der Waals surface area contributed by atoms with Crippen LogP contribution in [0.2, 0.25) is 0 Å². The van der Waals surface area contributed by atoms with Gasteiger partial charge in [-0.15, -0.1) is 0 Å². The van der Waals surface area contributed by atoms with Gasteiger partial charge in [-0.3, -0.25) is 0 Å². The highest BCUT2D eigenvalue weighted by Crippen LogP contribution is 2.27. The molecule has 132 valence electrons. The molecule has 2 fully saturated rings. The number of rotatable bonds is 4. The van der Waals surface area contributed by atoms with E-state index in [1.165, 1.54) is 5.56 Å². The van der Waals surface area contributed by atoms with Crippen molar-refractivity contribution >= 4 is 5.82 Å². The van der Waals surface area contributed by atoms with Crippen LogP contribution in [0.25, 0.3) is 0 Å². The molecule has 0 unspecified atom stereocenters. The Morgan fingerprint density at radius 1 is 1.12 bits per heavy atom. The molecule has 2 aromatic rings. The molecule has 5 nitrogen and oxygen atoms in total. The molecular weight excluding hydrogens is 314 g/mol. The van der Waals surface area contributed by atoms with E-state index in [9.17, 15) is 0 Å². The fraction of sp³-hybridized carbons (Fsp3) is 0.500. The van der Waals surface area contributed by atoms with E-state index >= 15 is 0 Å². The first-order valence-corrected chi connectivity index (χ1v) is 9.16. The van der Waals surface area contributed by atoms with Crippen LogP contribution in [0.5, 0.6) is 5.75 Å². The Hall–Kier alpha value is -2.14. The fourth-order valence-electron chi connectivity index (χ4n) is 3.61. The van der Waals surface area contributed by atoms with E-state index in [0.717, 1.165) is 62.8 Å². The van der Waals surface area contributed by atoms with Crippen molar-refractivity contribution in [3.05, 3.63) is 47.9 Å². The Morgan fingerprint density at radius 2 is 2.00 bits per heavy atom. The summed E-state index contributed by atoms with van der Waals surface area (Å²) in [7, 11) is 0. The number of aromatic nitrogens is 2. The number of nitrogens with zero attached hydrogens (tertiary/aromatic N) is 3. The zero-order valence-corrected chi connectivity index (χ0v) is 14.7. The minimum atomic E-state index is 0.280. The van der Waals surface area contributed by atoms with Gasteiger partial charge in [0.05, 0.1) is 12.3 Å². The van der Waals surface area contributed by atoms with Crippen LogP contribution in [0.3, 0.4) is 0 Å². The molecular formula is C20H25N3O2. The van der Waals surface area contributed by atoms with E-state index in [0.29, 0.717) is 5.92 Å². The second-order valence-corrected chi connectivity index (χ2v) is 6.98. The van der Waals surface area contributed by atoms with E-state index in [1.54, 1.807) is 6.33 Å². The summed E-state index contributed by atoms with van der Waals surface area (Å²) >= 11 is 0. The first-order valence-electron chi connectivity index (χ1n) is 9.16. The summed E-state index contributed by atoms with van der Waals surface area (Å²) in [6.07, 6.45) is 5.06. The van der Waals surface area contributed by atoms with Crippen molar-refractivity contribution in [2.24, 2.45) is 0 Å². The Labute approximate surface area is 149 Å². The highest BCUT2D eigenvalue weighted by molar-refractivity contribution is 5.40. The molecule has 1 aromatic carbocycles. The SMILES string of the molecule is Cc1cccc(OC2CCN(c3cc([C@@H]4CCOC4)ncn3)CC2)c1. The number of anilines is 1. The van der Waals surface area contributed by atoms with Gasteiger partial charge in [-0.1, -0.05) is 12.1 Å². The van der Waals surface area contributed by atoms with E-state index in [-0.39, 0.29) is 6.10 Å². The molecule has 0 spiro atoms. The molecule has 3 heterocycles. The van der Waals surface area contributed by atoms with Crippen molar-refractivity contribution in [2.75, 3.05) is 31.2 Å². The number of ether oxygens (including phenoxy) is 2. The second-order valence-electron chi connectivity index (χ2n) is 6.98. The third kappa shape index (κ3) is 3.93. The Bertz CT molecular complexity index is 708. The maximum Gasteiger partial charge on any atom is 0.132 e. The molecule has 25 heavy (non-hydrogen) atoms. The van der Waals surface area contributed by atoms with E-state index in [1.807, 2.05) is 6.07 Å². The summed E-state index contributed by atoms with van der Waals surface area (Å²) in [5, 5.41) is 0. The lowest BCUT2D eigenvalue weighted by Gasteiger charge is -2.33. The van der Waals surface area contributed by atoms with Crippen molar-refractivity contribution < 1.29 is 9.47 Å². The molecule has 5 heteroatoms. The highest BCUT2D eigenvalue weighted by Gasteiger charge is 2.24. The van der Waals surface area contributed by atoms with E-state index in [2.05, 4.69) is 46.1 Å². The number of hydrogen-bond donors (Lipinski definition) is 0. The molecule has 1 aromatic heterocycles. The monoisotopic (exact) mass is 339 g/mol. The van der Waals surface area contributed by atoms with Gasteiger partial charge in [0.25, 0.3) is 0 Å². The van der Waals surface area contributed by atoms with Gasteiger partial charge in [0, 0.05) is 44.5 Å². The molecule has 0 radical (unpaired) electrons. The largest absolute Gasteiger partial charge is 0.490 e. The average Bonchev–Trinajstić information content (AvgIpc) is 3.17. The van der Waals surface area contributed by atoms with Crippen molar-refractivity contribution in [2.45, 2.75) is 38.2 Å². The van der Waals surface area contributed by atoms with Crippen LogP contribution >= 0.6 is 0 Å². The van der Waals surface area contributed by atoms with Gasteiger partial charge in [-0.25, -0.2) is 9.97 Å². The molecule has 2 aliphatic rings. The van der Waals surface area contributed by atoms with Gasteiger partial charge in [0.2, 0.25) is 0 Å². The predicted molar refractivity (Wildman–Crippen MR) is 97.3 cm³/mol. The maximum absolute atomic E-state index is 6.15. The predicted octanol–water partition coefficient (Wildman–Crippen LogP) is 3.34. The highest BCUT2D eigenvalue weighted by atomic mass is 16.5. The van der Waals surface area contributed by atoms with Crippen LogP contribution in [0.15, 0.2) is 36.7 Å². The number of piperidine rings is 1. The first-order chi connectivity index (χ1) is 12.3. The zero-order valence-electron chi connectivity index (χ0n) is 14.7. The molecule has 2 aliphatic heterocycles. The summed E-state index contributed by atoms with van der Waals surface area (Å²) < 4.78 is 11.6. The second kappa shape index (κ2) is 7.40. The number of benzene rings is 1. The molecule has 4 rings (SSSR count). The topological polar surface area (TPSA) is 47.5 Å². The summed E-state index contributed by atoms with van der Waals surface area (Å²) in [5.74, 6) is 2.43. The molecule has 0 bridgehead atoms. The van der Waals surface area contributed by atoms with Gasteiger partial charge in [-0.05, 0) is 31.0 Å². The standard InChI is InChI=1S/C20H25N3O2/c1-15-3-2-4-18(11-15)25-17-5-8-23(9-6-17)20-12-19(21-14-22-20)16-7-10-24-13-16/h2-4,11-12,14,16-17H,5-10,13H2,1H3/t16-/m1/s1. The van der Waals surface area contributed by atoms with Crippen LogP contribution in [0, 0.1) is 6.92 Å². The maximum atomic E-state index is 6.15. The quantitative estimate of drug-likeness (QED) is 0.855. The van der Waals surface area contributed by atoms with Gasteiger partial charge < -0.3 is 14.4 Å². The van der Waals surface area contributed by atoms with Gasteiger partial charge in [0.15, 0.2) is 0 Å². The van der Waals surface area contributed by atoms with Crippen LogP contribution in [-0.4, -0.2) is 42.4 Å². The fourth-order valence-corrected chi connectivity index (χ4v) is 3.61. The lowest BCUT2D eigenvalue weighted by Crippen LogP contribution is -2.38. The van der Waals surface area contributed by atoms with Crippen molar-refractivity contribution in [3.63, 3.8) is 0 Å². The molecule has 0 aliphatic carbocycles. The minimum absolute atomic E-state index is 0.280. The first kappa shape index (κ1) is 16.3. The summed E-state index contributed by atoms with van der Waals surface area (Å²) in [4.78, 5) is 11.3. The lowest BCUT2D eigenvalue weighted by atomic mass is 10.0. The van der Waals surface area contributed by atoms with Crippen LogP contribution in [0.4, 0.5) is 5.82 Å². The summed E-state index contributed by atoms with van der Waals surface area (Å²) in [6.45, 7) is 5.65. The molecule has 2 saturated heterocycles. The van der Waals surface area contributed by atoms with Crippen molar-refractivity contribution in [1.29, 1.82) is 0 Å². The average molecular weight is 339 g/mol. The molecule has 0 saturated carbocycles. The lowest BCUT2D eigenvalue weighted by molar-refractivity contribution is 0.170. The minimum Gasteiger partial charge on any atom is -0.490 e.